The van der Waals surface area contributed by atoms with Gasteiger partial charge in [0.2, 0.25) is 5.89 Å². The zero-order valence-electron chi connectivity index (χ0n) is 23.0. The van der Waals surface area contributed by atoms with Gasteiger partial charge in [-0.1, -0.05) is 76.2 Å². The molecule has 1 heterocycles. The Morgan fingerprint density at radius 2 is 1.36 bits per heavy atom. The van der Waals surface area contributed by atoms with Crippen molar-refractivity contribution in [2.75, 3.05) is 5.32 Å². The van der Waals surface area contributed by atoms with Crippen molar-refractivity contribution in [2.24, 2.45) is 0 Å². The summed E-state index contributed by atoms with van der Waals surface area (Å²) in [6, 6.07) is 30.6. The third-order valence-corrected chi connectivity index (χ3v) is 7.14. The van der Waals surface area contributed by atoms with Crippen LogP contribution in [-0.4, -0.2) is 16.0 Å². The Morgan fingerprint density at radius 1 is 0.795 bits per heavy atom. The maximum Gasteiger partial charge on any atom is 0.255 e. The fourth-order valence-electron chi connectivity index (χ4n) is 4.16. The molecule has 2 unspecified atom stereocenters. The summed E-state index contributed by atoms with van der Waals surface area (Å²) in [5, 5.41) is 12.3. The van der Waals surface area contributed by atoms with E-state index in [0.29, 0.717) is 29.0 Å². The fraction of sp³-hybridized carbons (Fsp3) is 0.235. The minimum Gasteiger partial charge on any atom is -0.506 e. The highest BCUT2D eigenvalue weighted by molar-refractivity contribution is 6.05. The molecule has 0 radical (unpaired) electrons. The van der Waals surface area contributed by atoms with Crippen molar-refractivity contribution < 1.29 is 14.3 Å². The Kier molecular flexibility index (Phi) is 9.16. The molecule has 0 aliphatic heterocycles. The van der Waals surface area contributed by atoms with E-state index in [-0.39, 0.29) is 11.7 Å². The summed E-state index contributed by atoms with van der Waals surface area (Å²) in [5.41, 5.74) is 6.37. The molecule has 1 aromatic heterocycles. The van der Waals surface area contributed by atoms with E-state index in [1.165, 1.54) is 11.1 Å². The quantitative estimate of drug-likeness (QED) is 0.210. The van der Waals surface area contributed by atoms with E-state index >= 15 is 0 Å². The van der Waals surface area contributed by atoms with E-state index in [2.05, 4.69) is 62.3 Å². The van der Waals surface area contributed by atoms with Gasteiger partial charge in [-0.25, -0.2) is 4.98 Å². The van der Waals surface area contributed by atoms with E-state index in [0.717, 1.165) is 29.5 Å². The number of nitrogens with zero attached hydrogens (tertiary/aromatic N) is 1. The molecule has 4 aromatic carbocycles. The number of para-hydroxylation sites is 4. The lowest BCUT2D eigenvalue weighted by atomic mass is 9.97. The van der Waals surface area contributed by atoms with Crippen molar-refractivity contribution in [1.29, 1.82) is 0 Å². The van der Waals surface area contributed by atoms with E-state index in [4.69, 9.17) is 4.42 Å². The highest BCUT2D eigenvalue weighted by atomic mass is 16.3. The Labute approximate surface area is 230 Å². The molecule has 0 spiro atoms. The number of aromatic nitrogens is 1. The number of aromatic hydroxyl groups is 1. The van der Waals surface area contributed by atoms with Gasteiger partial charge in [-0.05, 0) is 84.3 Å². The van der Waals surface area contributed by atoms with Gasteiger partial charge in [0.15, 0.2) is 5.58 Å². The number of hydrogen-bond acceptors (Lipinski definition) is 4. The summed E-state index contributed by atoms with van der Waals surface area (Å²) in [5.74, 6) is 1.62. The SMILES string of the molecule is CCC(C)c1ccc(-c2nc3ccccc3o2)cc1.CCC(C)c1ccc(C(=O)Nc2ccccc2O)cc1. The van der Waals surface area contributed by atoms with Crippen LogP contribution >= 0.6 is 0 Å². The van der Waals surface area contributed by atoms with Gasteiger partial charge < -0.3 is 14.8 Å². The van der Waals surface area contributed by atoms with Gasteiger partial charge in [0.25, 0.3) is 5.91 Å². The van der Waals surface area contributed by atoms with Crippen LogP contribution < -0.4 is 5.32 Å². The molecule has 0 aliphatic rings. The molecular formula is C34H36N2O3. The average molecular weight is 521 g/mol. The standard InChI is InChI=1S/C17H19NO2.C17H17NO/c1-3-12(2)13-8-10-14(11-9-13)17(20)18-15-6-4-5-7-16(15)19;1-3-12(2)13-8-10-14(11-9-13)17-18-15-6-4-5-7-16(15)19-17/h4-12,19H,3H2,1-2H3,(H,18,20);4-12H,3H2,1-2H3. The predicted molar refractivity (Wildman–Crippen MR) is 159 cm³/mol. The van der Waals surface area contributed by atoms with E-state index in [1.54, 1.807) is 24.3 Å². The van der Waals surface area contributed by atoms with Crippen molar-refractivity contribution >= 4 is 22.7 Å². The molecule has 0 saturated heterocycles. The Morgan fingerprint density at radius 3 is 1.95 bits per heavy atom. The summed E-state index contributed by atoms with van der Waals surface area (Å²) in [6.45, 7) is 8.76. The smallest absolute Gasteiger partial charge is 0.255 e. The third-order valence-electron chi connectivity index (χ3n) is 7.14. The van der Waals surface area contributed by atoms with Crippen LogP contribution in [0.15, 0.2) is 101 Å². The zero-order valence-corrected chi connectivity index (χ0v) is 23.0. The predicted octanol–water partition coefficient (Wildman–Crippen LogP) is 9.17. The van der Waals surface area contributed by atoms with Gasteiger partial charge in [0.05, 0.1) is 5.69 Å². The van der Waals surface area contributed by atoms with Crippen LogP contribution in [0.5, 0.6) is 5.75 Å². The number of phenolic OH excluding ortho intramolecular Hbond substituents is 1. The maximum atomic E-state index is 12.1. The minimum atomic E-state index is -0.220. The van der Waals surface area contributed by atoms with Crippen molar-refractivity contribution in [3.8, 4) is 17.2 Å². The zero-order chi connectivity index (χ0) is 27.8. The van der Waals surface area contributed by atoms with E-state index in [1.807, 2.05) is 48.5 Å². The molecule has 1 amide bonds. The lowest BCUT2D eigenvalue weighted by Gasteiger charge is -2.10. The fourth-order valence-corrected chi connectivity index (χ4v) is 4.16. The molecular weight excluding hydrogens is 484 g/mol. The number of rotatable bonds is 7. The lowest BCUT2D eigenvalue weighted by molar-refractivity contribution is 0.102. The first-order valence-electron chi connectivity index (χ1n) is 13.5. The molecule has 5 heteroatoms. The molecule has 0 aliphatic carbocycles. The second kappa shape index (κ2) is 12.9. The van der Waals surface area contributed by atoms with Crippen LogP contribution in [0, 0.1) is 0 Å². The normalized spacial score (nSPS) is 12.3. The highest BCUT2D eigenvalue weighted by Crippen LogP contribution is 2.27. The third kappa shape index (κ3) is 6.94. The van der Waals surface area contributed by atoms with Crippen molar-refractivity contribution in [1.82, 2.24) is 4.98 Å². The van der Waals surface area contributed by atoms with Gasteiger partial charge >= 0.3 is 0 Å². The number of oxazole rings is 1. The van der Waals surface area contributed by atoms with Crippen LogP contribution in [0.25, 0.3) is 22.6 Å². The molecule has 2 N–H and O–H groups in total. The molecule has 5 rings (SSSR count). The van der Waals surface area contributed by atoms with Crippen molar-refractivity contribution in [2.45, 2.75) is 52.4 Å². The number of phenols is 1. The number of amides is 1. The van der Waals surface area contributed by atoms with Gasteiger partial charge in [0.1, 0.15) is 11.3 Å². The number of carbonyl (C=O) groups is 1. The molecule has 5 nitrogen and oxygen atoms in total. The molecule has 0 saturated carbocycles. The number of hydrogen-bond donors (Lipinski definition) is 2. The van der Waals surface area contributed by atoms with Gasteiger partial charge in [-0.15, -0.1) is 0 Å². The molecule has 0 fully saturated rings. The van der Waals surface area contributed by atoms with E-state index < -0.39 is 0 Å². The monoisotopic (exact) mass is 520 g/mol. The minimum absolute atomic E-state index is 0.0667. The average Bonchev–Trinajstić information content (AvgIpc) is 3.42. The molecule has 2 atom stereocenters. The summed E-state index contributed by atoms with van der Waals surface area (Å²) < 4.78 is 5.77. The summed E-state index contributed by atoms with van der Waals surface area (Å²) in [6.07, 6.45) is 2.23. The van der Waals surface area contributed by atoms with Gasteiger partial charge in [0, 0.05) is 11.1 Å². The molecule has 5 aromatic rings. The van der Waals surface area contributed by atoms with Crippen LogP contribution in [-0.2, 0) is 0 Å². The summed E-state index contributed by atoms with van der Waals surface area (Å²) in [7, 11) is 0. The number of carbonyl (C=O) groups excluding carboxylic acids is 1. The number of fused-ring (bicyclic) bond motifs is 1. The first-order chi connectivity index (χ1) is 18.9. The largest absolute Gasteiger partial charge is 0.506 e. The molecule has 200 valence electrons. The molecule has 39 heavy (non-hydrogen) atoms. The topological polar surface area (TPSA) is 75.4 Å². The van der Waals surface area contributed by atoms with Crippen LogP contribution in [0.1, 0.15) is 73.9 Å². The second-order valence-electron chi connectivity index (χ2n) is 9.82. The van der Waals surface area contributed by atoms with Crippen LogP contribution in [0.2, 0.25) is 0 Å². The summed E-state index contributed by atoms with van der Waals surface area (Å²) >= 11 is 0. The first kappa shape index (κ1) is 27.6. The number of benzene rings is 4. The Balaban J connectivity index is 0.000000181. The molecule has 0 bridgehead atoms. The first-order valence-corrected chi connectivity index (χ1v) is 13.5. The van der Waals surface area contributed by atoms with Gasteiger partial charge in [-0.2, -0.15) is 0 Å². The highest BCUT2D eigenvalue weighted by Gasteiger charge is 2.10. The summed E-state index contributed by atoms with van der Waals surface area (Å²) in [4.78, 5) is 16.6. The number of anilines is 1. The van der Waals surface area contributed by atoms with Crippen LogP contribution in [0.3, 0.4) is 0 Å². The van der Waals surface area contributed by atoms with Crippen LogP contribution in [0.4, 0.5) is 5.69 Å². The van der Waals surface area contributed by atoms with Crippen molar-refractivity contribution in [3.63, 3.8) is 0 Å². The Bertz CT molecular complexity index is 1470. The lowest BCUT2D eigenvalue weighted by Crippen LogP contribution is -2.12. The van der Waals surface area contributed by atoms with Crippen molar-refractivity contribution in [3.05, 3.63) is 114 Å². The maximum absolute atomic E-state index is 12.1. The Hall–Kier alpha value is -4.38. The van der Waals surface area contributed by atoms with Gasteiger partial charge in [-0.3, -0.25) is 4.79 Å². The second-order valence-corrected chi connectivity index (χ2v) is 9.82. The number of nitrogens with one attached hydrogen (secondary N) is 1. The van der Waals surface area contributed by atoms with E-state index in [9.17, 15) is 9.90 Å².